The van der Waals surface area contributed by atoms with Crippen molar-refractivity contribution in [3.8, 4) is 0 Å². The van der Waals surface area contributed by atoms with Crippen LogP contribution in [0.5, 0.6) is 0 Å². The highest BCUT2D eigenvalue weighted by atomic mass is 35.5. The first-order valence-electron chi connectivity index (χ1n) is 5.45. The average molecular weight is 276 g/mol. The third-order valence-electron chi connectivity index (χ3n) is 2.11. The Morgan fingerprint density at radius 2 is 2.17 bits per heavy atom. The zero-order valence-electron chi connectivity index (χ0n) is 10.0. The minimum Gasteiger partial charge on any atom is -0.382 e. The lowest BCUT2D eigenvalue weighted by molar-refractivity contribution is -0.117. The summed E-state index contributed by atoms with van der Waals surface area (Å²) in [6.07, 6.45) is 0.159. The van der Waals surface area contributed by atoms with Crippen LogP contribution >= 0.6 is 11.6 Å². The molecule has 4 nitrogen and oxygen atoms in total. The van der Waals surface area contributed by atoms with Gasteiger partial charge in [-0.1, -0.05) is 11.6 Å². The highest BCUT2D eigenvalue weighted by molar-refractivity contribution is 6.30. The SMILES string of the molecule is COCCOCCC(=O)Nc1ccc(Cl)cc1F. The normalized spacial score (nSPS) is 10.4. The number of rotatable bonds is 7. The number of halogens is 2. The Labute approximate surface area is 110 Å². The molecule has 0 aromatic heterocycles. The zero-order chi connectivity index (χ0) is 13.4. The minimum atomic E-state index is -0.559. The summed E-state index contributed by atoms with van der Waals surface area (Å²) in [4.78, 5) is 11.5. The second-order valence-electron chi connectivity index (χ2n) is 3.53. The zero-order valence-corrected chi connectivity index (χ0v) is 10.8. The van der Waals surface area contributed by atoms with Gasteiger partial charge in [0.15, 0.2) is 0 Å². The summed E-state index contributed by atoms with van der Waals surface area (Å²) in [7, 11) is 1.57. The third kappa shape index (κ3) is 5.44. The van der Waals surface area contributed by atoms with Crippen LogP contribution in [-0.2, 0) is 14.3 Å². The number of anilines is 1. The Morgan fingerprint density at radius 3 is 2.83 bits per heavy atom. The smallest absolute Gasteiger partial charge is 0.226 e. The molecule has 18 heavy (non-hydrogen) atoms. The van der Waals surface area contributed by atoms with Crippen molar-refractivity contribution in [1.82, 2.24) is 0 Å². The molecule has 0 bridgehead atoms. The van der Waals surface area contributed by atoms with Crippen LogP contribution in [0.25, 0.3) is 0 Å². The first-order valence-corrected chi connectivity index (χ1v) is 5.83. The molecule has 0 atom stereocenters. The molecule has 100 valence electrons. The van der Waals surface area contributed by atoms with Gasteiger partial charge in [0.2, 0.25) is 5.91 Å². The van der Waals surface area contributed by atoms with E-state index in [-0.39, 0.29) is 29.6 Å². The van der Waals surface area contributed by atoms with Gasteiger partial charge in [-0.05, 0) is 18.2 Å². The van der Waals surface area contributed by atoms with Crippen molar-refractivity contribution < 1.29 is 18.7 Å². The van der Waals surface area contributed by atoms with Crippen molar-refractivity contribution in [2.45, 2.75) is 6.42 Å². The summed E-state index contributed by atoms with van der Waals surface area (Å²) in [5, 5.41) is 2.73. The Morgan fingerprint density at radius 1 is 1.39 bits per heavy atom. The number of hydrogen-bond donors (Lipinski definition) is 1. The number of methoxy groups -OCH3 is 1. The number of hydrogen-bond acceptors (Lipinski definition) is 3. The van der Waals surface area contributed by atoms with Gasteiger partial charge in [0.05, 0.1) is 31.9 Å². The summed E-state index contributed by atoms with van der Waals surface area (Å²) in [5.74, 6) is -0.871. The lowest BCUT2D eigenvalue weighted by Gasteiger charge is -2.07. The molecule has 0 saturated heterocycles. The van der Waals surface area contributed by atoms with E-state index in [0.29, 0.717) is 13.2 Å². The topological polar surface area (TPSA) is 47.6 Å². The van der Waals surface area contributed by atoms with Crippen LogP contribution in [0.4, 0.5) is 10.1 Å². The van der Waals surface area contributed by atoms with Gasteiger partial charge in [-0.2, -0.15) is 0 Å². The third-order valence-corrected chi connectivity index (χ3v) is 2.35. The monoisotopic (exact) mass is 275 g/mol. The molecular formula is C12H15ClFNO3. The van der Waals surface area contributed by atoms with Crippen LogP contribution in [0, 0.1) is 5.82 Å². The standard InChI is InChI=1S/C12H15ClFNO3/c1-17-6-7-18-5-4-12(16)15-11-3-2-9(13)8-10(11)14/h2-3,8H,4-7H2,1H3,(H,15,16). The fourth-order valence-electron chi connectivity index (χ4n) is 1.21. The van der Waals surface area contributed by atoms with E-state index in [1.165, 1.54) is 12.1 Å². The van der Waals surface area contributed by atoms with Crippen LogP contribution in [0.1, 0.15) is 6.42 Å². The maximum Gasteiger partial charge on any atom is 0.226 e. The number of ether oxygens (including phenoxy) is 2. The Hall–Kier alpha value is -1.17. The van der Waals surface area contributed by atoms with E-state index >= 15 is 0 Å². The van der Waals surface area contributed by atoms with Gasteiger partial charge in [-0.3, -0.25) is 4.79 Å². The van der Waals surface area contributed by atoms with Crippen LogP contribution in [0.2, 0.25) is 5.02 Å². The second kappa shape index (κ2) is 8.02. The van der Waals surface area contributed by atoms with E-state index in [0.717, 1.165) is 6.07 Å². The van der Waals surface area contributed by atoms with Gasteiger partial charge < -0.3 is 14.8 Å². The van der Waals surface area contributed by atoms with E-state index < -0.39 is 5.82 Å². The van der Waals surface area contributed by atoms with Crippen molar-refractivity contribution in [3.05, 3.63) is 29.0 Å². The van der Waals surface area contributed by atoms with E-state index in [4.69, 9.17) is 21.1 Å². The summed E-state index contributed by atoms with van der Waals surface area (Å²) < 4.78 is 23.3. The molecule has 1 amide bonds. The molecule has 0 unspecified atom stereocenters. The maximum atomic E-state index is 13.4. The number of carbonyl (C=O) groups is 1. The van der Waals surface area contributed by atoms with Gasteiger partial charge in [0, 0.05) is 12.1 Å². The number of benzene rings is 1. The van der Waals surface area contributed by atoms with Gasteiger partial charge in [0.1, 0.15) is 5.82 Å². The van der Waals surface area contributed by atoms with Crippen LogP contribution in [0.15, 0.2) is 18.2 Å². The summed E-state index contributed by atoms with van der Waals surface area (Å²) in [6, 6.07) is 4.07. The molecule has 0 spiro atoms. The lowest BCUT2D eigenvalue weighted by atomic mass is 10.3. The van der Waals surface area contributed by atoms with Crippen molar-refractivity contribution in [2.75, 3.05) is 32.2 Å². The molecule has 0 heterocycles. The fraction of sp³-hybridized carbons (Fsp3) is 0.417. The summed E-state index contributed by atoms with van der Waals surface area (Å²) in [5.41, 5.74) is 0.112. The van der Waals surface area contributed by atoms with E-state index in [1.807, 2.05) is 0 Å². The highest BCUT2D eigenvalue weighted by Crippen LogP contribution is 2.18. The van der Waals surface area contributed by atoms with Crippen molar-refractivity contribution in [1.29, 1.82) is 0 Å². The molecule has 0 radical (unpaired) electrons. The molecule has 1 N–H and O–H groups in total. The Kier molecular flexibility index (Phi) is 6.64. The molecule has 0 saturated carbocycles. The van der Waals surface area contributed by atoms with Crippen molar-refractivity contribution in [3.63, 3.8) is 0 Å². The first-order chi connectivity index (χ1) is 8.63. The predicted molar refractivity (Wildman–Crippen MR) is 67.4 cm³/mol. The molecular weight excluding hydrogens is 261 g/mol. The molecule has 0 aliphatic carbocycles. The van der Waals surface area contributed by atoms with Gasteiger partial charge in [-0.25, -0.2) is 4.39 Å². The van der Waals surface area contributed by atoms with E-state index in [2.05, 4.69) is 5.32 Å². The number of nitrogens with one attached hydrogen (secondary N) is 1. The summed E-state index contributed by atoms with van der Waals surface area (Å²) >= 11 is 5.60. The molecule has 1 aromatic rings. The second-order valence-corrected chi connectivity index (χ2v) is 3.96. The molecule has 1 aromatic carbocycles. The molecule has 0 fully saturated rings. The highest BCUT2D eigenvalue weighted by Gasteiger charge is 2.07. The van der Waals surface area contributed by atoms with Crippen molar-refractivity contribution in [2.24, 2.45) is 0 Å². The van der Waals surface area contributed by atoms with Gasteiger partial charge in [0.25, 0.3) is 0 Å². The van der Waals surface area contributed by atoms with E-state index in [1.54, 1.807) is 7.11 Å². The molecule has 1 rings (SSSR count). The van der Waals surface area contributed by atoms with Crippen LogP contribution < -0.4 is 5.32 Å². The molecule has 6 heteroatoms. The Balaban J connectivity index is 2.31. The fourth-order valence-corrected chi connectivity index (χ4v) is 1.37. The molecule has 0 aliphatic rings. The van der Waals surface area contributed by atoms with Gasteiger partial charge >= 0.3 is 0 Å². The number of carbonyl (C=O) groups excluding carboxylic acids is 1. The Bertz CT molecular complexity index is 401. The largest absolute Gasteiger partial charge is 0.382 e. The van der Waals surface area contributed by atoms with Crippen LogP contribution in [-0.4, -0.2) is 32.8 Å². The quantitative estimate of drug-likeness (QED) is 0.778. The summed E-state index contributed by atoms with van der Waals surface area (Å²) in [6.45, 7) is 1.18. The van der Waals surface area contributed by atoms with E-state index in [9.17, 15) is 9.18 Å². The number of amides is 1. The molecule has 0 aliphatic heterocycles. The predicted octanol–water partition coefficient (Wildman–Crippen LogP) is 2.47. The maximum absolute atomic E-state index is 13.4. The first kappa shape index (κ1) is 14.9. The lowest BCUT2D eigenvalue weighted by Crippen LogP contribution is -2.15. The van der Waals surface area contributed by atoms with Gasteiger partial charge in [-0.15, -0.1) is 0 Å². The average Bonchev–Trinajstić information content (AvgIpc) is 2.32. The minimum absolute atomic E-state index is 0.112. The van der Waals surface area contributed by atoms with Crippen molar-refractivity contribution >= 4 is 23.2 Å². The van der Waals surface area contributed by atoms with Crippen LogP contribution in [0.3, 0.4) is 0 Å².